The first-order valence-electron chi connectivity index (χ1n) is 16.5. The van der Waals surface area contributed by atoms with Gasteiger partial charge in [-0.05, 0) is 121 Å². The van der Waals surface area contributed by atoms with E-state index in [9.17, 15) is 0 Å². The maximum Gasteiger partial charge on any atom is 0.494 e. The monoisotopic (exact) mass is 606 g/mol. The highest BCUT2D eigenvalue weighted by Crippen LogP contribution is 2.44. The van der Waals surface area contributed by atoms with Gasteiger partial charge in [-0.25, -0.2) is 0 Å². The molecular formula is C44H35BO2. The summed E-state index contributed by atoms with van der Waals surface area (Å²) in [6.45, 7) is 8.46. The van der Waals surface area contributed by atoms with Crippen molar-refractivity contribution < 1.29 is 9.31 Å². The summed E-state index contributed by atoms with van der Waals surface area (Å²) in [5.74, 6) is 0. The first-order chi connectivity index (χ1) is 22.8. The van der Waals surface area contributed by atoms with E-state index in [0.29, 0.717) is 0 Å². The number of benzene rings is 8. The van der Waals surface area contributed by atoms with E-state index in [2.05, 4.69) is 167 Å². The highest BCUT2D eigenvalue weighted by molar-refractivity contribution is 6.62. The molecule has 0 unspecified atom stereocenters. The van der Waals surface area contributed by atoms with E-state index in [1.807, 2.05) is 0 Å². The lowest BCUT2D eigenvalue weighted by Gasteiger charge is -2.32. The van der Waals surface area contributed by atoms with Gasteiger partial charge in [-0.1, -0.05) is 127 Å². The normalized spacial score (nSPS) is 15.8. The SMILES string of the molecule is CC1(C)OB(c2ccc3c(-c4cccc5ccccc45)cc4c5ccccc5c(-c5cccc6ccccc56)cc4c3c2)OC1(C)C. The zero-order chi connectivity index (χ0) is 31.9. The lowest BCUT2D eigenvalue weighted by Crippen LogP contribution is -2.41. The number of hydrogen-bond donors (Lipinski definition) is 0. The molecule has 1 aliphatic heterocycles. The molecule has 0 spiro atoms. The van der Waals surface area contributed by atoms with Crippen LogP contribution in [0.15, 0.2) is 140 Å². The minimum atomic E-state index is -0.446. The molecule has 0 bridgehead atoms. The first kappa shape index (κ1) is 28.3. The lowest BCUT2D eigenvalue weighted by atomic mass is 9.76. The van der Waals surface area contributed by atoms with E-state index in [-0.39, 0.29) is 0 Å². The predicted molar refractivity (Wildman–Crippen MR) is 201 cm³/mol. The molecule has 1 saturated heterocycles. The minimum Gasteiger partial charge on any atom is -0.399 e. The molecule has 226 valence electrons. The van der Waals surface area contributed by atoms with Crippen LogP contribution in [0.4, 0.5) is 0 Å². The quantitative estimate of drug-likeness (QED) is 0.147. The predicted octanol–water partition coefficient (Wildman–Crippen LogP) is 11.1. The van der Waals surface area contributed by atoms with E-state index in [1.54, 1.807) is 0 Å². The fourth-order valence-corrected chi connectivity index (χ4v) is 7.51. The summed E-state index contributed by atoms with van der Waals surface area (Å²) in [5, 5.41) is 12.4. The minimum absolute atomic E-state index is 0.419. The summed E-state index contributed by atoms with van der Waals surface area (Å²) in [7, 11) is -0.446. The van der Waals surface area contributed by atoms with E-state index in [1.165, 1.54) is 76.1 Å². The summed E-state index contributed by atoms with van der Waals surface area (Å²) in [6.07, 6.45) is 0. The maximum absolute atomic E-state index is 6.57. The largest absolute Gasteiger partial charge is 0.494 e. The standard InChI is InChI=1S/C44H35BO2/c1-43(2)44(3,4)47-45(46-43)30-23-24-37-38(25-30)42-27-39(33-21-11-15-28-13-5-7-17-31(28)33)35-19-9-10-20-36(35)41(42)26-40(37)34-22-12-16-29-14-6-8-18-32(29)34/h5-27H,1-4H3. The van der Waals surface area contributed by atoms with Crippen molar-refractivity contribution in [2.24, 2.45) is 0 Å². The molecule has 3 heteroatoms. The van der Waals surface area contributed by atoms with Crippen LogP contribution in [-0.4, -0.2) is 18.3 Å². The zero-order valence-electron chi connectivity index (χ0n) is 27.2. The van der Waals surface area contributed by atoms with E-state index < -0.39 is 18.3 Å². The molecule has 1 aliphatic rings. The van der Waals surface area contributed by atoms with Gasteiger partial charge < -0.3 is 9.31 Å². The molecular weight excluding hydrogens is 571 g/mol. The van der Waals surface area contributed by atoms with Crippen LogP contribution in [-0.2, 0) is 9.31 Å². The molecule has 47 heavy (non-hydrogen) atoms. The Bertz CT molecular complexity index is 2520. The smallest absolute Gasteiger partial charge is 0.399 e. The second-order valence-corrected chi connectivity index (χ2v) is 13.9. The van der Waals surface area contributed by atoms with Gasteiger partial charge in [-0.2, -0.15) is 0 Å². The third-order valence-electron chi connectivity index (χ3n) is 10.7. The summed E-state index contributed by atoms with van der Waals surface area (Å²) in [6, 6.07) is 51.1. The molecule has 1 heterocycles. The van der Waals surface area contributed by atoms with Gasteiger partial charge in [0.15, 0.2) is 0 Å². The molecule has 0 aromatic heterocycles. The van der Waals surface area contributed by atoms with Gasteiger partial charge in [0, 0.05) is 0 Å². The summed E-state index contributed by atoms with van der Waals surface area (Å²) in [4.78, 5) is 0. The molecule has 8 aromatic rings. The maximum atomic E-state index is 6.57. The number of rotatable bonds is 3. The van der Waals surface area contributed by atoms with Crippen LogP contribution in [0.2, 0.25) is 0 Å². The van der Waals surface area contributed by atoms with Crippen LogP contribution >= 0.6 is 0 Å². The molecule has 0 radical (unpaired) electrons. The molecule has 0 saturated carbocycles. The van der Waals surface area contributed by atoms with Crippen molar-refractivity contribution in [3.63, 3.8) is 0 Å². The van der Waals surface area contributed by atoms with Crippen LogP contribution in [0.25, 0.3) is 76.1 Å². The molecule has 0 atom stereocenters. The van der Waals surface area contributed by atoms with Crippen molar-refractivity contribution in [2.45, 2.75) is 38.9 Å². The molecule has 0 N–H and O–H groups in total. The Kier molecular flexibility index (Phi) is 6.18. The van der Waals surface area contributed by atoms with Crippen molar-refractivity contribution in [1.82, 2.24) is 0 Å². The van der Waals surface area contributed by atoms with Crippen molar-refractivity contribution in [1.29, 1.82) is 0 Å². The molecule has 0 aliphatic carbocycles. The average Bonchev–Trinajstić information content (AvgIpc) is 3.32. The van der Waals surface area contributed by atoms with Gasteiger partial charge >= 0.3 is 7.12 Å². The lowest BCUT2D eigenvalue weighted by molar-refractivity contribution is 0.00578. The van der Waals surface area contributed by atoms with Gasteiger partial charge in [0.1, 0.15) is 0 Å². The van der Waals surface area contributed by atoms with E-state index in [0.717, 1.165) is 5.46 Å². The Balaban J connectivity index is 1.41. The average molecular weight is 607 g/mol. The van der Waals surface area contributed by atoms with Gasteiger partial charge in [-0.15, -0.1) is 0 Å². The summed E-state index contributed by atoms with van der Waals surface area (Å²) >= 11 is 0. The van der Waals surface area contributed by atoms with Gasteiger partial charge in [-0.3, -0.25) is 0 Å². The van der Waals surface area contributed by atoms with Crippen molar-refractivity contribution in [2.75, 3.05) is 0 Å². The summed E-state index contributed by atoms with van der Waals surface area (Å²) < 4.78 is 13.1. The van der Waals surface area contributed by atoms with E-state index >= 15 is 0 Å². The van der Waals surface area contributed by atoms with Crippen LogP contribution in [0.3, 0.4) is 0 Å². The Hall–Kier alpha value is -4.96. The molecule has 2 nitrogen and oxygen atoms in total. The first-order valence-corrected chi connectivity index (χ1v) is 16.5. The van der Waals surface area contributed by atoms with Crippen LogP contribution in [0.1, 0.15) is 27.7 Å². The number of fused-ring (bicyclic) bond motifs is 7. The number of hydrogen-bond acceptors (Lipinski definition) is 2. The molecule has 8 aromatic carbocycles. The molecule has 1 fully saturated rings. The van der Waals surface area contributed by atoms with Crippen molar-refractivity contribution in [3.05, 3.63) is 140 Å². The fourth-order valence-electron chi connectivity index (χ4n) is 7.51. The Morgan fingerprint density at radius 2 is 0.787 bits per heavy atom. The fraction of sp³-hybridized carbons (Fsp3) is 0.136. The Morgan fingerprint density at radius 3 is 1.36 bits per heavy atom. The highest BCUT2D eigenvalue weighted by Gasteiger charge is 2.51. The third kappa shape index (κ3) is 4.34. The molecule has 0 amide bonds. The summed E-state index contributed by atoms with van der Waals surface area (Å²) in [5.41, 5.74) is 5.15. The van der Waals surface area contributed by atoms with Gasteiger partial charge in [0.05, 0.1) is 11.2 Å². The van der Waals surface area contributed by atoms with Gasteiger partial charge in [0.25, 0.3) is 0 Å². The topological polar surface area (TPSA) is 18.5 Å². The van der Waals surface area contributed by atoms with Crippen LogP contribution < -0.4 is 5.46 Å². The van der Waals surface area contributed by atoms with Crippen LogP contribution in [0.5, 0.6) is 0 Å². The zero-order valence-corrected chi connectivity index (χ0v) is 27.2. The Labute approximate surface area is 275 Å². The molecule has 9 rings (SSSR count). The van der Waals surface area contributed by atoms with Crippen LogP contribution in [0, 0.1) is 0 Å². The second-order valence-electron chi connectivity index (χ2n) is 13.9. The van der Waals surface area contributed by atoms with E-state index in [4.69, 9.17) is 9.31 Å². The second kappa shape index (κ2) is 10.3. The highest BCUT2D eigenvalue weighted by atomic mass is 16.7. The van der Waals surface area contributed by atoms with Crippen molar-refractivity contribution in [3.8, 4) is 22.3 Å². The third-order valence-corrected chi connectivity index (χ3v) is 10.7. The Morgan fingerprint density at radius 1 is 0.362 bits per heavy atom. The van der Waals surface area contributed by atoms with Gasteiger partial charge in [0.2, 0.25) is 0 Å². The van der Waals surface area contributed by atoms with Crippen molar-refractivity contribution >= 4 is 66.4 Å².